The number of carbonyl (C=O) groups excluding carboxylic acids is 2. The summed E-state index contributed by atoms with van der Waals surface area (Å²) in [5, 5.41) is 4.97. The van der Waals surface area contributed by atoms with Gasteiger partial charge < -0.3 is 15.0 Å². The zero-order chi connectivity index (χ0) is 16.1. The Morgan fingerprint density at radius 1 is 1.41 bits per heavy atom. The van der Waals surface area contributed by atoms with Crippen LogP contribution >= 0.6 is 0 Å². The van der Waals surface area contributed by atoms with E-state index in [2.05, 4.69) is 10.6 Å². The molecule has 0 saturated carbocycles. The Labute approximate surface area is 130 Å². The van der Waals surface area contributed by atoms with Crippen LogP contribution in [0, 0.1) is 6.92 Å². The Bertz CT molecular complexity index is 560. The Hall–Kier alpha value is -2.24. The second-order valence-corrected chi connectivity index (χ2v) is 5.58. The van der Waals surface area contributed by atoms with Crippen molar-refractivity contribution in [3.8, 4) is 5.75 Å². The van der Waals surface area contributed by atoms with Crippen molar-refractivity contribution in [1.29, 1.82) is 0 Å². The van der Waals surface area contributed by atoms with Crippen LogP contribution in [0.5, 0.6) is 5.75 Å². The van der Waals surface area contributed by atoms with Gasteiger partial charge in [0.2, 0.25) is 5.91 Å². The number of benzene rings is 1. The first-order valence-corrected chi connectivity index (χ1v) is 7.59. The average molecular weight is 305 g/mol. The summed E-state index contributed by atoms with van der Waals surface area (Å²) < 4.78 is 5.81. The molecule has 0 fully saturated rings. The predicted molar refractivity (Wildman–Crippen MR) is 85.3 cm³/mol. The fourth-order valence-electron chi connectivity index (χ4n) is 2.41. The third-order valence-corrected chi connectivity index (χ3v) is 3.38. The maximum absolute atomic E-state index is 12.0. The fraction of sp³-hybridized carbons (Fsp3) is 0.500. The highest BCUT2D eigenvalue weighted by molar-refractivity contribution is 5.96. The number of imide groups is 1. The minimum absolute atomic E-state index is 0.00369. The van der Waals surface area contributed by atoms with Gasteiger partial charge in [0.25, 0.3) is 0 Å². The number of ether oxygens (including phenoxy) is 1. The first-order chi connectivity index (χ1) is 10.5. The van der Waals surface area contributed by atoms with E-state index < -0.39 is 6.03 Å². The van der Waals surface area contributed by atoms with Crippen LogP contribution in [0.2, 0.25) is 0 Å². The molecule has 1 aliphatic rings. The van der Waals surface area contributed by atoms with Crippen LogP contribution < -0.4 is 20.3 Å². The van der Waals surface area contributed by atoms with Crippen molar-refractivity contribution in [3.05, 3.63) is 23.8 Å². The number of nitrogens with zero attached hydrogens (tertiary/aromatic N) is 1. The van der Waals surface area contributed by atoms with Crippen LogP contribution in [-0.4, -0.2) is 37.7 Å². The molecule has 0 aliphatic carbocycles. The van der Waals surface area contributed by atoms with Crippen molar-refractivity contribution in [2.24, 2.45) is 0 Å². The topological polar surface area (TPSA) is 70.7 Å². The zero-order valence-corrected chi connectivity index (χ0v) is 13.3. The number of fused-ring (bicyclic) bond motifs is 1. The minimum atomic E-state index is -0.447. The number of amides is 3. The van der Waals surface area contributed by atoms with Crippen molar-refractivity contribution < 1.29 is 14.3 Å². The number of anilines is 1. The molecule has 6 nitrogen and oxygen atoms in total. The largest absolute Gasteiger partial charge is 0.487 e. The molecular formula is C16H23N3O3. The fourth-order valence-corrected chi connectivity index (χ4v) is 2.41. The smallest absolute Gasteiger partial charge is 0.321 e. The first kappa shape index (κ1) is 16.1. The molecule has 0 bridgehead atoms. The average Bonchev–Trinajstić information content (AvgIpc) is 2.44. The molecule has 1 aromatic rings. The van der Waals surface area contributed by atoms with Crippen LogP contribution in [-0.2, 0) is 4.79 Å². The SMILES string of the molecule is CCCNC(=O)NC(=O)CN1C[C@@H](C)Oc2cc(C)ccc21. The maximum Gasteiger partial charge on any atom is 0.321 e. The van der Waals surface area contributed by atoms with E-state index in [1.54, 1.807) is 0 Å². The third-order valence-electron chi connectivity index (χ3n) is 3.38. The molecule has 3 amide bonds. The normalized spacial score (nSPS) is 16.5. The van der Waals surface area contributed by atoms with E-state index in [0.29, 0.717) is 13.1 Å². The summed E-state index contributed by atoms with van der Waals surface area (Å²) in [7, 11) is 0. The van der Waals surface area contributed by atoms with Gasteiger partial charge in [0.15, 0.2) is 0 Å². The number of urea groups is 1. The lowest BCUT2D eigenvalue weighted by molar-refractivity contribution is -0.118. The van der Waals surface area contributed by atoms with Crippen LogP contribution in [0.4, 0.5) is 10.5 Å². The molecular weight excluding hydrogens is 282 g/mol. The van der Waals surface area contributed by atoms with E-state index in [0.717, 1.165) is 23.4 Å². The van der Waals surface area contributed by atoms with Crippen LogP contribution in [0.25, 0.3) is 0 Å². The number of aryl methyl sites for hydroxylation is 1. The lowest BCUT2D eigenvalue weighted by Crippen LogP contribution is -2.47. The second-order valence-electron chi connectivity index (χ2n) is 5.58. The van der Waals surface area contributed by atoms with E-state index in [1.165, 1.54) is 0 Å². The molecule has 0 radical (unpaired) electrons. The summed E-state index contributed by atoms with van der Waals surface area (Å²) in [4.78, 5) is 25.5. The standard InChI is InChI=1S/C16H23N3O3/c1-4-7-17-16(21)18-15(20)10-19-9-12(3)22-14-8-11(2)5-6-13(14)19/h5-6,8,12H,4,7,9-10H2,1-3H3,(H2,17,18,20,21)/t12-/m1/s1. The minimum Gasteiger partial charge on any atom is -0.487 e. The monoisotopic (exact) mass is 305 g/mol. The molecule has 22 heavy (non-hydrogen) atoms. The maximum atomic E-state index is 12.0. The quantitative estimate of drug-likeness (QED) is 0.890. The number of carbonyl (C=O) groups is 2. The number of rotatable bonds is 4. The molecule has 0 aromatic heterocycles. The van der Waals surface area contributed by atoms with Gasteiger partial charge in [0.05, 0.1) is 18.8 Å². The van der Waals surface area contributed by atoms with Gasteiger partial charge in [0, 0.05) is 6.54 Å². The lowest BCUT2D eigenvalue weighted by atomic mass is 10.1. The van der Waals surface area contributed by atoms with Gasteiger partial charge in [-0.25, -0.2) is 4.79 Å². The van der Waals surface area contributed by atoms with Gasteiger partial charge in [-0.05, 0) is 38.0 Å². The second kappa shape index (κ2) is 7.15. The van der Waals surface area contributed by atoms with Crippen molar-refractivity contribution in [1.82, 2.24) is 10.6 Å². The number of hydrogen-bond acceptors (Lipinski definition) is 4. The van der Waals surface area contributed by atoms with Crippen molar-refractivity contribution in [2.75, 3.05) is 24.5 Å². The highest BCUT2D eigenvalue weighted by atomic mass is 16.5. The van der Waals surface area contributed by atoms with Gasteiger partial charge in [-0.1, -0.05) is 13.0 Å². The van der Waals surface area contributed by atoms with Crippen LogP contribution in [0.1, 0.15) is 25.8 Å². The van der Waals surface area contributed by atoms with Crippen molar-refractivity contribution in [2.45, 2.75) is 33.3 Å². The van der Waals surface area contributed by atoms with E-state index in [9.17, 15) is 9.59 Å². The number of hydrogen-bond donors (Lipinski definition) is 2. The molecule has 0 unspecified atom stereocenters. The summed E-state index contributed by atoms with van der Waals surface area (Å²) >= 11 is 0. The Morgan fingerprint density at radius 3 is 2.91 bits per heavy atom. The molecule has 6 heteroatoms. The Balaban J connectivity index is 2.01. The molecule has 2 N–H and O–H groups in total. The van der Waals surface area contributed by atoms with E-state index in [4.69, 9.17) is 4.74 Å². The Morgan fingerprint density at radius 2 is 2.18 bits per heavy atom. The van der Waals surface area contributed by atoms with Crippen molar-refractivity contribution >= 4 is 17.6 Å². The molecule has 0 spiro atoms. The molecule has 1 aliphatic heterocycles. The third kappa shape index (κ3) is 4.13. The summed E-state index contributed by atoms with van der Waals surface area (Å²) in [6, 6.07) is 5.44. The molecule has 2 rings (SSSR count). The lowest BCUT2D eigenvalue weighted by Gasteiger charge is -2.34. The molecule has 1 heterocycles. The van der Waals surface area contributed by atoms with Gasteiger partial charge in [-0.15, -0.1) is 0 Å². The highest BCUT2D eigenvalue weighted by Crippen LogP contribution is 2.33. The highest BCUT2D eigenvalue weighted by Gasteiger charge is 2.25. The van der Waals surface area contributed by atoms with Gasteiger partial charge in [-0.2, -0.15) is 0 Å². The predicted octanol–water partition coefficient (Wildman–Crippen LogP) is 1.82. The molecule has 0 saturated heterocycles. The molecule has 1 atom stereocenters. The van der Waals surface area contributed by atoms with Crippen molar-refractivity contribution in [3.63, 3.8) is 0 Å². The van der Waals surface area contributed by atoms with Crippen LogP contribution in [0.3, 0.4) is 0 Å². The Kier molecular flexibility index (Phi) is 5.25. The van der Waals surface area contributed by atoms with E-state index in [1.807, 2.05) is 43.9 Å². The van der Waals surface area contributed by atoms with E-state index >= 15 is 0 Å². The molecule has 1 aromatic carbocycles. The van der Waals surface area contributed by atoms with Gasteiger partial charge in [0.1, 0.15) is 11.9 Å². The zero-order valence-electron chi connectivity index (χ0n) is 13.3. The van der Waals surface area contributed by atoms with Gasteiger partial charge >= 0.3 is 6.03 Å². The first-order valence-electron chi connectivity index (χ1n) is 7.59. The summed E-state index contributed by atoms with van der Waals surface area (Å²) in [5.41, 5.74) is 1.99. The van der Waals surface area contributed by atoms with E-state index in [-0.39, 0.29) is 18.6 Å². The summed E-state index contributed by atoms with van der Waals surface area (Å²) in [5.74, 6) is 0.455. The molecule has 120 valence electrons. The van der Waals surface area contributed by atoms with Crippen LogP contribution in [0.15, 0.2) is 18.2 Å². The number of nitrogens with one attached hydrogen (secondary N) is 2. The summed E-state index contributed by atoms with van der Waals surface area (Å²) in [6.45, 7) is 7.21. The summed E-state index contributed by atoms with van der Waals surface area (Å²) in [6.07, 6.45) is 0.825. The van der Waals surface area contributed by atoms with Gasteiger partial charge in [-0.3, -0.25) is 10.1 Å².